The summed E-state index contributed by atoms with van der Waals surface area (Å²) in [4.78, 5) is 4.27. The number of pyridine rings is 1. The number of ether oxygens (including phenoxy) is 1. The molecule has 3 nitrogen and oxygen atoms in total. The molecule has 0 radical (unpaired) electrons. The Labute approximate surface area is 98.2 Å². The fraction of sp³-hybridized carbons (Fsp3) is 0.167. The summed E-state index contributed by atoms with van der Waals surface area (Å²) in [6.45, 7) is 2.29. The number of fused-ring (bicyclic) bond motifs is 1. The number of nitrogens with zero attached hydrogens (tertiary/aromatic N) is 2. The summed E-state index contributed by atoms with van der Waals surface area (Å²) in [5, 5.41) is 10.2. The van der Waals surface area contributed by atoms with E-state index in [1.165, 1.54) is 0 Å². The van der Waals surface area contributed by atoms with E-state index in [1.807, 2.05) is 37.3 Å². The molecule has 16 heavy (non-hydrogen) atoms. The van der Waals surface area contributed by atoms with Crippen LogP contribution in [0.2, 0.25) is 5.02 Å². The van der Waals surface area contributed by atoms with Gasteiger partial charge in [0.2, 0.25) is 5.88 Å². The molecule has 1 aromatic heterocycles. The van der Waals surface area contributed by atoms with Crippen molar-refractivity contribution in [2.75, 3.05) is 6.61 Å². The number of hydrogen-bond acceptors (Lipinski definition) is 3. The van der Waals surface area contributed by atoms with Gasteiger partial charge in [-0.2, -0.15) is 5.26 Å². The van der Waals surface area contributed by atoms with Crippen LogP contribution in [-0.4, -0.2) is 11.6 Å². The molecule has 0 saturated carbocycles. The second kappa shape index (κ2) is 4.38. The Morgan fingerprint density at radius 1 is 1.44 bits per heavy atom. The van der Waals surface area contributed by atoms with Crippen molar-refractivity contribution in [3.63, 3.8) is 0 Å². The predicted molar refractivity (Wildman–Crippen MR) is 62.6 cm³/mol. The molecule has 0 N–H and O–H groups in total. The number of benzene rings is 1. The van der Waals surface area contributed by atoms with E-state index >= 15 is 0 Å². The Balaban J connectivity index is 2.77. The highest BCUT2D eigenvalue weighted by atomic mass is 35.5. The molecule has 2 aromatic rings. The molecule has 0 saturated heterocycles. The first-order chi connectivity index (χ1) is 7.77. The molecule has 1 aromatic carbocycles. The first-order valence-electron chi connectivity index (χ1n) is 4.89. The average molecular weight is 233 g/mol. The molecule has 80 valence electrons. The van der Waals surface area contributed by atoms with E-state index in [2.05, 4.69) is 4.98 Å². The number of hydrogen-bond donors (Lipinski definition) is 0. The van der Waals surface area contributed by atoms with Crippen LogP contribution >= 0.6 is 11.6 Å². The predicted octanol–water partition coefficient (Wildman–Crippen LogP) is 3.16. The molecule has 0 aliphatic carbocycles. The molecule has 0 aliphatic rings. The van der Waals surface area contributed by atoms with Crippen LogP contribution in [0.25, 0.3) is 10.9 Å². The fourth-order valence-corrected chi connectivity index (χ4v) is 1.77. The van der Waals surface area contributed by atoms with E-state index in [-0.39, 0.29) is 0 Å². The van der Waals surface area contributed by atoms with Gasteiger partial charge in [-0.25, -0.2) is 4.98 Å². The van der Waals surface area contributed by atoms with Gasteiger partial charge in [-0.05, 0) is 13.0 Å². The van der Waals surface area contributed by atoms with Crippen molar-refractivity contribution >= 4 is 22.5 Å². The van der Waals surface area contributed by atoms with Crippen LogP contribution in [0.5, 0.6) is 5.88 Å². The third kappa shape index (κ3) is 1.68. The maximum absolute atomic E-state index is 9.03. The molecule has 0 atom stereocenters. The second-order valence-electron chi connectivity index (χ2n) is 3.17. The summed E-state index contributed by atoms with van der Waals surface area (Å²) in [6.07, 6.45) is 0. The Morgan fingerprint density at radius 3 is 2.88 bits per heavy atom. The Hall–Kier alpha value is -1.79. The third-order valence-electron chi connectivity index (χ3n) is 2.19. The first kappa shape index (κ1) is 10.7. The zero-order valence-electron chi connectivity index (χ0n) is 8.70. The standard InChI is InChI=1S/C12H9ClN2O/c1-2-16-12-9(7-14)11(13)8-5-3-4-6-10(8)15-12/h3-6H,2H2,1H3. The van der Waals surface area contributed by atoms with Crippen LogP contribution in [0, 0.1) is 11.3 Å². The summed E-state index contributed by atoms with van der Waals surface area (Å²) in [6, 6.07) is 9.42. The van der Waals surface area contributed by atoms with Crippen LogP contribution in [0.1, 0.15) is 12.5 Å². The minimum Gasteiger partial charge on any atom is -0.477 e. The molecule has 0 unspecified atom stereocenters. The number of halogens is 1. The van der Waals surface area contributed by atoms with E-state index < -0.39 is 0 Å². The Bertz CT molecular complexity index is 575. The van der Waals surface area contributed by atoms with Crippen molar-refractivity contribution in [1.29, 1.82) is 5.26 Å². The molecule has 4 heteroatoms. The summed E-state index contributed by atoms with van der Waals surface area (Å²) in [5.41, 5.74) is 1.03. The molecule has 0 fully saturated rings. The minimum absolute atomic E-state index is 0.294. The maximum atomic E-state index is 9.03. The maximum Gasteiger partial charge on any atom is 0.233 e. The van der Waals surface area contributed by atoms with Crippen molar-refractivity contribution in [2.45, 2.75) is 6.92 Å². The number of aromatic nitrogens is 1. The van der Waals surface area contributed by atoms with E-state index in [4.69, 9.17) is 21.6 Å². The highest BCUT2D eigenvalue weighted by Gasteiger charge is 2.13. The van der Waals surface area contributed by atoms with Gasteiger partial charge in [0.1, 0.15) is 11.6 Å². The molecule has 0 aliphatic heterocycles. The summed E-state index contributed by atoms with van der Waals surface area (Å²) in [5.74, 6) is 0.300. The molecule has 1 heterocycles. The quantitative estimate of drug-likeness (QED) is 0.799. The largest absolute Gasteiger partial charge is 0.477 e. The van der Waals surface area contributed by atoms with Crippen LogP contribution in [-0.2, 0) is 0 Å². The smallest absolute Gasteiger partial charge is 0.233 e. The molecule has 0 bridgehead atoms. The zero-order valence-corrected chi connectivity index (χ0v) is 9.45. The second-order valence-corrected chi connectivity index (χ2v) is 3.55. The highest BCUT2D eigenvalue weighted by Crippen LogP contribution is 2.31. The van der Waals surface area contributed by atoms with Crippen LogP contribution in [0.15, 0.2) is 24.3 Å². The minimum atomic E-state index is 0.294. The van der Waals surface area contributed by atoms with Gasteiger partial charge in [-0.3, -0.25) is 0 Å². The van der Waals surface area contributed by atoms with Gasteiger partial charge < -0.3 is 4.74 Å². The Kier molecular flexibility index (Phi) is 2.93. The van der Waals surface area contributed by atoms with Crippen molar-refractivity contribution in [3.8, 4) is 11.9 Å². The van der Waals surface area contributed by atoms with E-state index in [0.29, 0.717) is 23.1 Å². The first-order valence-corrected chi connectivity index (χ1v) is 5.27. The van der Waals surface area contributed by atoms with Gasteiger partial charge in [0.05, 0.1) is 17.1 Å². The van der Waals surface area contributed by atoms with Gasteiger partial charge in [0.15, 0.2) is 0 Å². The van der Waals surface area contributed by atoms with Crippen LogP contribution in [0.3, 0.4) is 0 Å². The normalized spacial score (nSPS) is 10.1. The lowest BCUT2D eigenvalue weighted by atomic mass is 10.1. The SMILES string of the molecule is CCOc1nc2ccccc2c(Cl)c1C#N. The Morgan fingerprint density at radius 2 is 2.19 bits per heavy atom. The van der Waals surface area contributed by atoms with Crippen molar-refractivity contribution in [1.82, 2.24) is 4.98 Å². The van der Waals surface area contributed by atoms with E-state index in [0.717, 1.165) is 10.9 Å². The molecule has 2 rings (SSSR count). The van der Waals surface area contributed by atoms with Gasteiger partial charge in [0.25, 0.3) is 0 Å². The van der Waals surface area contributed by atoms with E-state index in [9.17, 15) is 0 Å². The van der Waals surface area contributed by atoms with Crippen LogP contribution in [0.4, 0.5) is 0 Å². The summed E-state index contributed by atoms with van der Waals surface area (Å²) < 4.78 is 5.30. The summed E-state index contributed by atoms with van der Waals surface area (Å²) in [7, 11) is 0. The average Bonchev–Trinajstić information content (AvgIpc) is 2.30. The lowest BCUT2D eigenvalue weighted by Crippen LogP contribution is -1.98. The van der Waals surface area contributed by atoms with Crippen molar-refractivity contribution in [2.24, 2.45) is 0 Å². The summed E-state index contributed by atoms with van der Waals surface area (Å²) >= 11 is 6.14. The third-order valence-corrected chi connectivity index (χ3v) is 2.58. The molecular weight excluding hydrogens is 224 g/mol. The number of nitriles is 1. The monoisotopic (exact) mass is 232 g/mol. The van der Waals surface area contributed by atoms with Gasteiger partial charge in [-0.15, -0.1) is 0 Å². The lowest BCUT2D eigenvalue weighted by Gasteiger charge is -2.08. The molecular formula is C12H9ClN2O. The van der Waals surface area contributed by atoms with Crippen molar-refractivity contribution < 1.29 is 4.74 Å². The lowest BCUT2D eigenvalue weighted by molar-refractivity contribution is 0.327. The molecule has 0 spiro atoms. The topological polar surface area (TPSA) is 45.9 Å². The number of rotatable bonds is 2. The van der Waals surface area contributed by atoms with Crippen LogP contribution < -0.4 is 4.74 Å². The van der Waals surface area contributed by atoms with Gasteiger partial charge in [-0.1, -0.05) is 29.8 Å². The fourth-order valence-electron chi connectivity index (χ4n) is 1.49. The molecule has 0 amide bonds. The zero-order chi connectivity index (χ0) is 11.5. The number of para-hydroxylation sites is 1. The van der Waals surface area contributed by atoms with Gasteiger partial charge >= 0.3 is 0 Å². The highest BCUT2D eigenvalue weighted by molar-refractivity contribution is 6.36. The van der Waals surface area contributed by atoms with Gasteiger partial charge in [0, 0.05) is 5.39 Å². The van der Waals surface area contributed by atoms with E-state index in [1.54, 1.807) is 0 Å². The van der Waals surface area contributed by atoms with Crippen molar-refractivity contribution in [3.05, 3.63) is 34.9 Å².